The van der Waals surface area contributed by atoms with E-state index in [9.17, 15) is 4.79 Å². The number of rotatable bonds is 8. The summed E-state index contributed by atoms with van der Waals surface area (Å²) in [7, 11) is 1.61. The Labute approximate surface area is 206 Å². The first-order valence-electron chi connectivity index (χ1n) is 10.6. The zero-order valence-electron chi connectivity index (χ0n) is 18.4. The van der Waals surface area contributed by atoms with Crippen molar-refractivity contribution in [3.8, 4) is 11.5 Å². The first kappa shape index (κ1) is 23.3. The highest BCUT2D eigenvalue weighted by Crippen LogP contribution is 2.39. The molecule has 1 saturated heterocycles. The number of anilines is 1. The summed E-state index contributed by atoms with van der Waals surface area (Å²) in [6.07, 6.45) is 2.85. The monoisotopic (exact) mass is 524 g/mol. The summed E-state index contributed by atoms with van der Waals surface area (Å²) >= 11 is 5.04. The fourth-order valence-electron chi connectivity index (χ4n) is 3.40. The predicted octanol–water partition coefficient (Wildman–Crippen LogP) is 6.20. The lowest BCUT2D eigenvalue weighted by atomic mass is 10.1. The molecule has 0 bridgehead atoms. The second kappa shape index (κ2) is 10.8. The van der Waals surface area contributed by atoms with Crippen LogP contribution in [0.15, 0.2) is 76.1 Å². The minimum atomic E-state index is -0.227. The summed E-state index contributed by atoms with van der Waals surface area (Å²) in [5, 5.41) is 6.32. The second-order valence-corrected chi connectivity index (χ2v) is 9.48. The summed E-state index contributed by atoms with van der Waals surface area (Å²) in [5.74, 6) is 1.12. The van der Waals surface area contributed by atoms with E-state index in [-0.39, 0.29) is 11.4 Å². The number of carbonyl (C=O) groups excluding carboxylic acids is 1. The Balaban J connectivity index is 1.47. The number of hydrogen-bond acceptors (Lipinski definition) is 5. The first-order chi connectivity index (χ1) is 16.1. The van der Waals surface area contributed by atoms with E-state index in [2.05, 4.69) is 45.6 Å². The van der Waals surface area contributed by atoms with Crippen LogP contribution in [0.3, 0.4) is 0 Å². The zero-order valence-corrected chi connectivity index (χ0v) is 20.8. The van der Waals surface area contributed by atoms with E-state index < -0.39 is 0 Å². The normalized spacial score (nSPS) is 16.5. The van der Waals surface area contributed by atoms with Crippen LogP contribution in [0.1, 0.15) is 23.6 Å². The maximum atomic E-state index is 12.5. The summed E-state index contributed by atoms with van der Waals surface area (Å²) in [5.41, 5.74) is 3.93. The topological polar surface area (TPSA) is 59.6 Å². The number of hydrogen-bond donors (Lipinski definition) is 2. The summed E-state index contributed by atoms with van der Waals surface area (Å²) < 4.78 is 12.3. The number of methoxy groups -OCH3 is 1. The second-order valence-electron chi connectivity index (χ2n) is 7.48. The Morgan fingerprint density at radius 2 is 1.85 bits per heavy atom. The molecule has 0 spiro atoms. The van der Waals surface area contributed by atoms with Crippen LogP contribution < -0.4 is 20.1 Å². The van der Waals surface area contributed by atoms with Gasteiger partial charge in [0.15, 0.2) is 17.0 Å². The maximum absolute atomic E-state index is 12.5. The van der Waals surface area contributed by atoms with Gasteiger partial charge in [-0.3, -0.25) is 4.79 Å². The van der Waals surface area contributed by atoms with Crippen molar-refractivity contribution >= 4 is 45.4 Å². The van der Waals surface area contributed by atoms with Gasteiger partial charge in [-0.15, -0.1) is 0 Å². The van der Waals surface area contributed by atoms with Crippen molar-refractivity contribution in [3.63, 3.8) is 0 Å². The molecule has 0 saturated carbocycles. The van der Waals surface area contributed by atoms with Crippen LogP contribution in [-0.4, -0.2) is 18.5 Å². The molecule has 1 fully saturated rings. The molecule has 3 aromatic carbocycles. The molecule has 1 aliphatic rings. The number of nitrogens with one attached hydrogen (secondary N) is 2. The third-order valence-corrected chi connectivity index (χ3v) is 6.78. The van der Waals surface area contributed by atoms with Gasteiger partial charge in [0, 0.05) is 5.69 Å². The zero-order chi connectivity index (χ0) is 23.2. The van der Waals surface area contributed by atoms with Crippen molar-refractivity contribution in [1.82, 2.24) is 5.32 Å². The molecule has 7 heteroatoms. The van der Waals surface area contributed by atoms with Crippen LogP contribution in [0.5, 0.6) is 11.5 Å². The quantitative estimate of drug-likeness (QED) is 0.343. The number of carbonyl (C=O) groups is 1. The molecule has 0 aromatic heterocycles. The van der Waals surface area contributed by atoms with Crippen molar-refractivity contribution in [2.24, 2.45) is 0 Å². The van der Waals surface area contributed by atoms with Gasteiger partial charge in [0.2, 0.25) is 0 Å². The van der Waals surface area contributed by atoms with E-state index in [0.717, 1.165) is 27.7 Å². The van der Waals surface area contributed by atoms with E-state index in [1.165, 1.54) is 17.3 Å². The molecule has 170 valence electrons. The van der Waals surface area contributed by atoms with Gasteiger partial charge in [-0.05, 0) is 69.4 Å². The summed E-state index contributed by atoms with van der Waals surface area (Å²) in [6, 6.07) is 22.0. The van der Waals surface area contributed by atoms with Gasteiger partial charge in [-0.25, -0.2) is 0 Å². The maximum Gasteiger partial charge on any atom is 0.260 e. The molecule has 2 N–H and O–H groups in total. The number of thioether (sulfide) groups is 1. The fraction of sp³-hybridized carbons (Fsp3) is 0.192. The number of halogens is 1. The molecule has 0 radical (unpaired) electrons. The molecule has 1 amide bonds. The minimum absolute atomic E-state index is 0.109. The van der Waals surface area contributed by atoms with Gasteiger partial charge in [-0.2, -0.15) is 0 Å². The Hall–Kier alpha value is -2.90. The van der Waals surface area contributed by atoms with E-state index in [1.807, 2.05) is 60.7 Å². The average Bonchev–Trinajstić information content (AvgIpc) is 3.17. The predicted molar refractivity (Wildman–Crippen MR) is 138 cm³/mol. The summed E-state index contributed by atoms with van der Waals surface area (Å²) in [4.78, 5) is 13.2. The van der Waals surface area contributed by atoms with Crippen molar-refractivity contribution in [1.29, 1.82) is 0 Å². The molecule has 4 rings (SSSR count). The van der Waals surface area contributed by atoms with Gasteiger partial charge >= 0.3 is 0 Å². The number of benzene rings is 3. The lowest BCUT2D eigenvalue weighted by molar-refractivity contribution is -0.116. The van der Waals surface area contributed by atoms with Crippen molar-refractivity contribution in [2.45, 2.75) is 25.4 Å². The molecular weight excluding hydrogens is 500 g/mol. The van der Waals surface area contributed by atoms with E-state index in [0.29, 0.717) is 23.0 Å². The van der Waals surface area contributed by atoms with Gasteiger partial charge in [-0.1, -0.05) is 61.2 Å². The van der Waals surface area contributed by atoms with Crippen LogP contribution in [0, 0.1) is 0 Å². The van der Waals surface area contributed by atoms with Gasteiger partial charge in [0.05, 0.1) is 16.5 Å². The van der Waals surface area contributed by atoms with Gasteiger partial charge < -0.3 is 20.1 Å². The number of ether oxygens (including phenoxy) is 2. The third kappa shape index (κ3) is 5.92. The molecule has 0 unspecified atom stereocenters. The van der Waals surface area contributed by atoms with Crippen molar-refractivity contribution in [2.75, 3.05) is 12.4 Å². The van der Waals surface area contributed by atoms with Gasteiger partial charge in [0.1, 0.15) is 6.61 Å². The number of amides is 1. The fourth-order valence-corrected chi connectivity index (χ4v) is 4.96. The Morgan fingerprint density at radius 1 is 1.09 bits per heavy atom. The molecule has 5 nitrogen and oxygen atoms in total. The SMILES string of the molecule is CCc1ccc(N[C@@H]2NC(=O)/C(=C/c3cc(Br)c(OCc4ccccc4)c(OC)c3)S2)cc1. The van der Waals surface area contributed by atoms with E-state index in [1.54, 1.807) is 7.11 Å². The standard InChI is InChI=1S/C26H25BrN2O3S/c1-3-17-9-11-20(12-10-17)28-26-29-25(30)23(33-26)15-19-13-21(27)24(22(14-19)31-2)32-16-18-7-5-4-6-8-18/h4-15,26,28H,3,16H2,1-2H3,(H,29,30)/b23-15-/t26-/m1/s1. The molecule has 33 heavy (non-hydrogen) atoms. The van der Waals surface area contributed by atoms with Crippen LogP contribution >= 0.6 is 27.7 Å². The van der Waals surface area contributed by atoms with Crippen LogP contribution in [-0.2, 0) is 17.8 Å². The summed E-state index contributed by atoms with van der Waals surface area (Å²) in [6.45, 7) is 2.56. The van der Waals surface area contributed by atoms with Crippen molar-refractivity contribution < 1.29 is 14.3 Å². The largest absolute Gasteiger partial charge is 0.493 e. The molecule has 1 heterocycles. The van der Waals surface area contributed by atoms with E-state index in [4.69, 9.17) is 9.47 Å². The van der Waals surface area contributed by atoms with Crippen LogP contribution in [0.25, 0.3) is 6.08 Å². The highest BCUT2D eigenvalue weighted by atomic mass is 79.9. The molecule has 0 aliphatic carbocycles. The Morgan fingerprint density at radius 3 is 2.55 bits per heavy atom. The van der Waals surface area contributed by atoms with Crippen molar-refractivity contribution in [3.05, 3.63) is 92.8 Å². The molecular formula is C26H25BrN2O3S. The third-order valence-electron chi connectivity index (χ3n) is 5.17. The van der Waals surface area contributed by atoms with Crippen LogP contribution in [0.2, 0.25) is 0 Å². The van der Waals surface area contributed by atoms with E-state index >= 15 is 0 Å². The smallest absolute Gasteiger partial charge is 0.260 e. The first-order valence-corrected chi connectivity index (χ1v) is 12.3. The Kier molecular flexibility index (Phi) is 7.62. The molecule has 3 aromatic rings. The Bertz CT molecular complexity index is 1150. The lowest BCUT2D eigenvalue weighted by Gasteiger charge is -2.14. The number of aryl methyl sites for hydroxylation is 1. The lowest BCUT2D eigenvalue weighted by Crippen LogP contribution is -2.30. The highest BCUT2D eigenvalue weighted by molar-refractivity contribution is 9.10. The molecule has 1 atom stereocenters. The molecule has 1 aliphatic heterocycles. The average molecular weight is 525 g/mol. The highest BCUT2D eigenvalue weighted by Gasteiger charge is 2.27. The van der Waals surface area contributed by atoms with Crippen LogP contribution in [0.4, 0.5) is 5.69 Å². The minimum Gasteiger partial charge on any atom is -0.493 e. The van der Waals surface area contributed by atoms with Gasteiger partial charge in [0.25, 0.3) is 5.91 Å².